The molecule has 1 saturated heterocycles. The van der Waals surface area contributed by atoms with E-state index >= 15 is 0 Å². The van der Waals surface area contributed by atoms with Crippen molar-refractivity contribution in [2.45, 2.75) is 26.3 Å². The number of carboxylic acid groups (broad SMARTS) is 1. The van der Waals surface area contributed by atoms with E-state index in [1.165, 1.54) is 6.42 Å². The SMILES string of the molecule is Cc1cc([C@@H](C)Nc2ccc(Cl)nc2C(=O)O)c2nc(N3CC4CC4C3)n(C)c(=O)c2c1. The monoisotopic (exact) mass is 453 g/mol. The summed E-state index contributed by atoms with van der Waals surface area (Å²) in [5, 5.41) is 13.4. The molecule has 2 aromatic heterocycles. The van der Waals surface area contributed by atoms with Gasteiger partial charge in [-0.2, -0.15) is 0 Å². The molecule has 2 unspecified atom stereocenters. The normalized spacial score (nSPS) is 20.3. The molecule has 166 valence electrons. The first-order chi connectivity index (χ1) is 15.2. The summed E-state index contributed by atoms with van der Waals surface area (Å²) in [6.45, 7) is 5.72. The highest BCUT2D eigenvalue weighted by molar-refractivity contribution is 6.29. The second kappa shape index (κ2) is 7.48. The Labute approximate surface area is 189 Å². The van der Waals surface area contributed by atoms with E-state index in [1.54, 1.807) is 23.7 Å². The molecule has 3 atom stereocenters. The van der Waals surface area contributed by atoms with Gasteiger partial charge in [0.15, 0.2) is 5.69 Å². The van der Waals surface area contributed by atoms with Crippen LogP contribution in [0, 0.1) is 18.8 Å². The van der Waals surface area contributed by atoms with Gasteiger partial charge in [0.05, 0.1) is 22.6 Å². The van der Waals surface area contributed by atoms with Crippen LogP contribution in [0.3, 0.4) is 0 Å². The van der Waals surface area contributed by atoms with E-state index in [1.807, 2.05) is 26.0 Å². The number of halogens is 1. The molecular formula is C23H24ClN5O3. The number of aryl methyl sites for hydroxylation is 1. The zero-order chi connectivity index (χ0) is 22.7. The molecule has 0 bridgehead atoms. The molecule has 8 nitrogen and oxygen atoms in total. The van der Waals surface area contributed by atoms with Crippen LogP contribution in [-0.2, 0) is 7.05 Å². The van der Waals surface area contributed by atoms with Crippen molar-refractivity contribution in [3.63, 3.8) is 0 Å². The van der Waals surface area contributed by atoms with Gasteiger partial charge in [-0.3, -0.25) is 9.36 Å². The summed E-state index contributed by atoms with van der Waals surface area (Å²) in [4.78, 5) is 36.0. The Morgan fingerprint density at radius 3 is 2.66 bits per heavy atom. The molecule has 2 fully saturated rings. The van der Waals surface area contributed by atoms with Crippen LogP contribution in [0.2, 0.25) is 5.15 Å². The van der Waals surface area contributed by atoms with E-state index < -0.39 is 5.97 Å². The average molecular weight is 454 g/mol. The van der Waals surface area contributed by atoms with Gasteiger partial charge in [-0.25, -0.2) is 14.8 Å². The molecule has 2 aliphatic rings. The lowest BCUT2D eigenvalue weighted by molar-refractivity contribution is 0.0691. The van der Waals surface area contributed by atoms with Crippen LogP contribution in [-0.4, -0.2) is 38.7 Å². The number of hydrogen-bond donors (Lipinski definition) is 2. The summed E-state index contributed by atoms with van der Waals surface area (Å²) in [6, 6.07) is 6.67. The average Bonchev–Trinajstić information content (AvgIpc) is 3.36. The number of benzene rings is 1. The van der Waals surface area contributed by atoms with Crippen LogP contribution >= 0.6 is 11.6 Å². The predicted molar refractivity (Wildman–Crippen MR) is 124 cm³/mol. The van der Waals surface area contributed by atoms with Gasteiger partial charge in [-0.05, 0) is 55.9 Å². The fourth-order valence-electron chi connectivity index (χ4n) is 4.74. The van der Waals surface area contributed by atoms with Crippen molar-refractivity contribution in [1.82, 2.24) is 14.5 Å². The van der Waals surface area contributed by atoms with E-state index in [9.17, 15) is 14.7 Å². The van der Waals surface area contributed by atoms with Crippen LogP contribution < -0.4 is 15.8 Å². The molecule has 0 amide bonds. The Morgan fingerprint density at radius 2 is 1.97 bits per heavy atom. The second-order valence-corrected chi connectivity index (χ2v) is 9.28. The number of aromatic nitrogens is 3. The van der Waals surface area contributed by atoms with Crippen molar-refractivity contribution in [3.8, 4) is 0 Å². The number of aromatic carboxylic acids is 1. The summed E-state index contributed by atoms with van der Waals surface area (Å²) in [5.74, 6) is 0.949. The van der Waals surface area contributed by atoms with Gasteiger partial charge >= 0.3 is 5.97 Å². The lowest BCUT2D eigenvalue weighted by atomic mass is 10.0. The highest BCUT2D eigenvalue weighted by Crippen LogP contribution is 2.46. The minimum atomic E-state index is -1.17. The van der Waals surface area contributed by atoms with Crippen molar-refractivity contribution in [1.29, 1.82) is 0 Å². The van der Waals surface area contributed by atoms with E-state index in [0.717, 1.165) is 24.2 Å². The lowest BCUT2D eigenvalue weighted by Gasteiger charge is -2.24. The quantitative estimate of drug-likeness (QED) is 0.569. The molecule has 9 heteroatoms. The van der Waals surface area contributed by atoms with Gasteiger partial charge in [-0.15, -0.1) is 0 Å². The number of carboxylic acids is 1. The van der Waals surface area contributed by atoms with Gasteiger partial charge in [0.1, 0.15) is 5.15 Å². The maximum atomic E-state index is 13.2. The van der Waals surface area contributed by atoms with E-state index in [2.05, 4.69) is 15.2 Å². The minimum Gasteiger partial charge on any atom is -0.476 e. The first-order valence-electron chi connectivity index (χ1n) is 10.7. The number of rotatable bonds is 5. The third-order valence-corrected chi connectivity index (χ3v) is 6.71. The first kappa shape index (κ1) is 20.8. The first-order valence-corrected chi connectivity index (χ1v) is 11.0. The minimum absolute atomic E-state index is 0.0814. The number of nitrogens with one attached hydrogen (secondary N) is 1. The third-order valence-electron chi connectivity index (χ3n) is 6.49. The fraction of sp³-hybridized carbons (Fsp3) is 0.391. The summed E-state index contributed by atoms with van der Waals surface area (Å²) >= 11 is 5.88. The van der Waals surface area contributed by atoms with Crippen LogP contribution in [0.25, 0.3) is 10.9 Å². The topological polar surface area (TPSA) is 100 Å². The summed E-state index contributed by atoms with van der Waals surface area (Å²) < 4.78 is 1.64. The van der Waals surface area contributed by atoms with Crippen LogP contribution in [0.5, 0.6) is 0 Å². The molecule has 1 aliphatic heterocycles. The van der Waals surface area contributed by atoms with E-state index in [4.69, 9.17) is 16.6 Å². The Bertz CT molecular complexity index is 1310. The predicted octanol–water partition coefficient (Wildman–Crippen LogP) is 3.62. The molecule has 1 saturated carbocycles. The van der Waals surface area contributed by atoms with Crippen molar-refractivity contribution in [3.05, 3.63) is 56.6 Å². The molecule has 1 aliphatic carbocycles. The molecule has 0 radical (unpaired) electrons. The molecule has 3 aromatic rings. The molecule has 3 heterocycles. The number of fused-ring (bicyclic) bond motifs is 2. The Kier molecular flexibility index (Phi) is 4.85. The molecule has 5 rings (SSSR count). The van der Waals surface area contributed by atoms with Crippen LogP contribution in [0.1, 0.15) is 41.0 Å². The van der Waals surface area contributed by atoms with Gasteiger partial charge in [-0.1, -0.05) is 17.7 Å². The second-order valence-electron chi connectivity index (χ2n) is 8.89. The van der Waals surface area contributed by atoms with Gasteiger partial charge < -0.3 is 15.3 Å². The van der Waals surface area contributed by atoms with Crippen molar-refractivity contribution >= 4 is 40.1 Å². The Morgan fingerprint density at radius 1 is 1.25 bits per heavy atom. The number of anilines is 2. The molecule has 0 spiro atoms. The number of carbonyl (C=O) groups is 1. The van der Waals surface area contributed by atoms with Crippen molar-refractivity contribution in [2.24, 2.45) is 18.9 Å². The highest BCUT2D eigenvalue weighted by atomic mass is 35.5. The van der Waals surface area contributed by atoms with Crippen LogP contribution in [0.15, 0.2) is 29.1 Å². The summed E-state index contributed by atoms with van der Waals surface area (Å²) in [6.07, 6.45) is 1.27. The zero-order valence-electron chi connectivity index (χ0n) is 18.1. The fourth-order valence-corrected chi connectivity index (χ4v) is 4.89. The summed E-state index contributed by atoms with van der Waals surface area (Å²) in [5.41, 5.74) is 2.52. The lowest BCUT2D eigenvalue weighted by Crippen LogP contribution is -2.31. The van der Waals surface area contributed by atoms with Gasteiger partial charge in [0.25, 0.3) is 5.56 Å². The smallest absolute Gasteiger partial charge is 0.356 e. The standard InChI is InChI=1S/C23H24ClN5O3/c1-11-6-15(12(2)25-17-4-5-18(24)26-20(17)22(31)32)19-16(7-11)21(30)28(3)23(27-19)29-9-13-8-14(13)10-29/h4-7,12-14,25H,8-10H2,1-3H3,(H,31,32)/t12-,13?,14?/m1/s1. The molecule has 2 N–H and O–H groups in total. The Balaban J connectivity index is 1.60. The number of piperidine rings is 1. The van der Waals surface area contributed by atoms with E-state index in [-0.39, 0.29) is 22.4 Å². The number of nitrogens with zero attached hydrogens (tertiary/aromatic N) is 4. The zero-order valence-corrected chi connectivity index (χ0v) is 18.8. The largest absolute Gasteiger partial charge is 0.476 e. The van der Waals surface area contributed by atoms with Crippen LogP contribution in [0.4, 0.5) is 11.6 Å². The Hall–Kier alpha value is -3.13. The van der Waals surface area contributed by atoms with Crippen molar-refractivity contribution < 1.29 is 9.90 Å². The molecule has 1 aromatic carbocycles. The maximum Gasteiger partial charge on any atom is 0.356 e. The highest BCUT2D eigenvalue weighted by Gasteiger charge is 2.46. The maximum absolute atomic E-state index is 13.2. The molecule has 32 heavy (non-hydrogen) atoms. The van der Waals surface area contributed by atoms with Gasteiger partial charge in [0, 0.05) is 25.7 Å². The van der Waals surface area contributed by atoms with E-state index in [0.29, 0.717) is 34.4 Å². The van der Waals surface area contributed by atoms with Gasteiger partial charge in [0.2, 0.25) is 5.95 Å². The summed E-state index contributed by atoms with van der Waals surface area (Å²) in [7, 11) is 1.77. The van der Waals surface area contributed by atoms with Crippen molar-refractivity contribution in [2.75, 3.05) is 23.3 Å². The third kappa shape index (κ3) is 3.48. The number of pyridine rings is 1. The molecular weight excluding hydrogens is 430 g/mol. The number of hydrogen-bond acceptors (Lipinski definition) is 6.